The maximum atomic E-state index is 13.8. The van der Waals surface area contributed by atoms with Crippen molar-refractivity contribution in [2.24, 2.45) is 0 Å². The number of H-pyrrole nitrogens is 1. The first kappa shape index (κ1) is 11.5. The predicted molar refractivity (Wildman–Crippen MR) is 60.3 cm³/mol. The summed E-state index contributed by atoms with van der Waals surface area (Å²) in [5.41, 5.74) is 0.508. The van der Waals surface area contributed by atoms with E-state index in [1.807, 2.05) is 6.07 Å². The number of aromatic amines is 1. The minimum absolute atomic E-state index is 0.137. The maximum absolute atomic E-state index is 13.8. The Kier molecular flexibility index (Phi) is 3.30. The second kappa shape index (κ2) is 4.88. The fourth-order valence-corrected chi connectivity index (χ4v) is 1.64. The molecule has 0 amide bonds. The summed E-state index contributed by atoms with van der Waals surface area (Å²) in [6, 6.07) is 4.88. The summed E-state index contributed by atoms with van der Waals surface area (Å²) in [5.74, 6) is -0.0996. The van der Waals surface area contributed by atoms with Crippen molar-refractivity contribution in [1.82, 2.24) is 20.6 Å². The summed E-state index contributed by atoms with van der Waals surface area (Å²) < 4.78 is 13.9. The van der Waals surface area contributed by atoms with E-state index in [-0.39, 0.29) is 22.3 Å². The standard InChI is InChI=1S/C9H6BrFN6/c10-8-5(3-12)1-2-6(9(8)11)13-4-7-14-16-17-15-7/h1-2,13H,4H2,(H,14,15,16,17). The molecular formula is C9H6BrFN6. The molecule has 17 heavy (non-hydrogen) atoms. The molecule has 0 atom stereocenters. The second-order valence-corrected chi connectivity index (χ2v) is 3.88. The Balaban J connectivity index is 2.17. The molecule has 2 rings (SSSR count). The van der Waals surface area contributed by atoms with Gasteiger partial charge in [0, 0.05) is 0 Å². The van der Waals surface area contributed by atoms with E-state index < -0.39 is 5.82 Å². The lowest BCUT2D eigenvalue weighted by molar-refractivity contribution is 0.622. The Hall–Kier alpha value is -2.01. The monoisotopic (exact) mass is 296 g/mol. The lowest BCUT2D eigenvalue weighted by Gasteiger charge is -2.07. The van der Waals surface area contributed by atoms with Gasteiger partial charge in [0.1, 0.15) is 6.07 Å². The van der Waals surface area contributed by atoms with Crippen LogP contribution in [-0.4, -0.2) is 20.6 Å². The Morgan fingerprint density at radius 1 is 1.53 bits per heavy atom. The quantitative estimate of drug-likeness (QED) is 0.897. The summed E-state index contributed by atoms with van der Waals surface area (Å²) in [5, 5.41) is 24.6. The van der Waals surface area contributed by atoms with Crippen LogP contribution < -0.4 is 5.32 Å². The van der Waals surface area contributed by atoms with Crippen molar-refractivity contribution in [2.45, 2.75) is 6.54 Å². The van der Waals surface area contributed by atoms with E-state index in [4.69, 9.17) is 5.26 Å². The summed E-state index contributed by atoms with van der Waals surface area (Å²) >= 11 is 3.02. The number of anilines is 1. The molecule has 1 heterocycles. The van der Waals surface area contributed by atoms with Gasteiger partial charge in [-0.15, -0.1) is 10.2 Å². The number of nitrogens with one attached hydrogen (secondary N) is 2. The van der Waals surface area contributed by atoms with Crippen molar-refractivity contribution in [3.05, 3.63) is 33.8 Å². The zero-order valence-corrected chi connectivity index (χ0v) is 9.99. The van der Waals surface area contributed by atoms with Gasteiger partial charge in [-0.2, -0.15) is 10.5 Å². The molecule has 0 aliphatic heterocycles. The maximum Gasteiger partial charge on any atom is 0.193 e. The normalized spacial score (nSPS) is 9.94. The minimum atomic E-state index is -0.521. The van der Waals surface area contributed by atoms with Crippen LogP contribution >= 0.6 is 15.9 Å². The van der Waals surface area contributed by atoms with Gasteiger partial charge in [-0.05, 0) is 28.1 Å². The number of hydrogen-bond donors (Lipinski definition) is 2. The lowest BCUT2D eigenvalue weighted by Crippen LogP contribution is -2.04. The first-order valence-electron chi connectivity index (χ1n) is 4.56. The highest BCUT2D eigenvalue weighted by Gasteiger charge is 2.11. The van der Waals surface area contributed by atoms with Crippen LogP contribution in [0, 0.1) is 17.1 Å². The highest BCUT2D eigenvalue weighted by molar-refractivity contribution is 9.10. The zero-order chi connectivity index (χ0) is 12.3. The van der Waals surface area contributed by atoms with Crippen LogP contribution in [0.2, 0.25) is 0 Å². The number of halogens is 2. The third kappa shape index (κ3) is 2.39. The van der Waals surface area contributed by atoms with Crippen LogP contribution in [0.4, 0.5) is 10.1 Å². The fraction of sp³-hybridized carbons (Fsp3) is 0.111. The number of hydrogen-bond acceptors (Lipinski definition) is 5. The zero-order valence-electron chi connectivity index (χ0n) is 8.41. The molecule has 6 nitrogen and oxygen atoms in total. The Labute approximate surface area is 104 Å². The molecule has 0 bridgehead atoms. The summed E-state index contributed by atoms with van der Waals surface area (Å²) in [7, 11) is 0. The van der Waals surface area contributed by atoms with Crippen LogP contribution in [-0.2, 0) is 6.54 Å². The van der Waals surface area contributed by atoms with E-state index in [2.05, 4.69) is 41.9 Å². The van der Waals surface area contributed by atoms with Gasteiger partial charge in [0.2, 0.25) is 0 Å². The molecule has 0 saturated heterocycles. The van der Waals surface area contributed by atoms with E-state index in [1.54, 1.807) is 0 Å². The largest absolute Gasteiger partial charge is 0.375 e. The van der Waals surface area contributed by atoms with Gasteiger partial charge >= 0.3 is 0 Å². The molecule has 1 aromatic heterocycles. The van der Waals surface area contributed by atoms with Crippen molar-refractivity contribution >= 4 is 21.6 Å². The molecule has 0 aliphatic rings. The third-order valence-corrected chi connectivity index (χ3v) is 2.80. The van der Waals surface area contributed by atoms with Gasteiger partial charge in [-0.1, -0.05) is 5.21 Å². The lowest BCUT2D eigenvalue weighted by atomic mass is 10.2. The molecule has 0 saturated carbocycles. The first-order chi connectivity index (χ1) is 8.22. The van der Waals surface area contributed by atoms with Crippen LogP contribution in [0.5, 0.6) is 0 Å². The number of aromatic nitrogens is 4. The average Bonchev–Trinajstić information content (AvgIpc) is 2.84. The van der Waals surface area contributed by atoms with E-state index in [1.165, 1.54) is 12.1 Å². The molecule has 86 valence electrons. The molecule has 0 fully saturated rings. The molecular weight excluding hydrogens is 291 g/mol. The molecule has 2 aromatic rings. The topological polar surface area (TPSA) is 90.3 Å². The molecule has 0 spiro atoms. The predicted octanol–water partition coefficient (Wildman–Crippen LogP) is 1.59. The summed E-state index contributed by atoms with van der Waals surface area (Å²) in [6.45, 7) is 0.242. The summed E-state index contributed by atoms with van der Waals surface area (Å²) in [6.07, 6.45) is 0. The molecule has 1 aromatic carbocycles. The Bertz CT molecular complexity index is 562. The van der Waals surface area contributed by atoms with Crippen LogP contribution in [0.15, 0.2) is 16.6 Å². The molecule has 0 unspecified atom stereocenters. The van der Waals surface area contributed by atoms with E-state index in [9.17, 15) is 4.39 Å². The van der Waals surface area contributed by atoms with Gasteiger partial charge < -0.3 is 5.32 Å². The minimum Gasteiger partial charge on any atom is -0.375 e. The van der Waals surface area contributed by atoms with Crippen LogP contribution in [0.1, 0.15) is 11.4 Å². The van der Waals surface area contributed by atoms with Gasteiger partial charge in [0.05, 0.1) is 22.3 Å². The van der Waals surface area contributed by atoms with E-state index >= 15 is 0 Å². The smallest absolute Gasteiger partial charge is 0.193 e. The van der Waals surface area contributed by atoms with Crippen molar-refractivity contribution in [3.8, 4) is 6.07 Å². The van der Waals surface area contributed by atoms with Crippen molar-refractivity contribution in [2.75, 3.05) is 5.32 Å². The molecule has 0 aliphatic carbocycles. The molecule has 8 heteroatoms. The number of nitrogens with zero attached hydrogens (tertiary/aromatic N) is 4. The Morgan fingerprint density at radius 2 is 2.35 bits per heavy atom. The van der Waals surface area contributed by atoms with Crippen molar-refractivity contribution in [3.63, 3.8) is 0 Å². The van der Waals surface area contributed by atoms with E-state index in [0.29, 0.717) is 5.82 Å². The van der Waals surface area contributed by atoms with E-state index in [0.717, 1.165) is 0 Å². The van der Waals surface area contributed by atoms with Crippen molar-refractivity contribution in [1.29, 1.82) is 5.26 Å². The summed E-state index contributed by atoms with van der Waals surface area (Å²) in [4.78, 5) is 0. The molecule has 2 N–H and O–H groups in total. The number of benzene rings is 1. The SMILES string of the molecule is N#Cc1ccc(NCc2nn[nH]n2)c(F)c1Br. The van der Waals surface area contributed by atoms with Crippen LogP contribution in [0.3, 0.4) is 0 Å². The second-order valence-electron chi connectivity index (χ2n) is 3.08. The first-order valence-corrected chi connectivity index (χ1v) is 5.36. The Morgan fingerprint density at radius 3 is 3.00 bits per heavy atom. The average molecular weight is 297 g/mol. The van der Waals surface area contributed by atoms with Gasteiger partial charge in [0.15, 0.2) is 11.6 Å². The highest BCUT2D eigenvalue weighted by atomic mass is 79.9. The van der Waals surface area contributed by atoms with Gasteiger partial charge in [0.25, 0.3) is 0 Å². The number of tetrazole rings is 1. The number of nitriles is 1. The van der Waals surface area contributed by atoms with Gasteiger partial charge in [-0.25, -0.2) is 4.39 Å². The van der Waals surface area contributed by atoms with Crippen molar-refractivity contribution < 1.29 is 4.39 Å². The molecule has 0 radical (unpaired) electrons. The highest BCUT2D eigenvalue weighted by Crippen LogP contribution is 2.26. The van der Waals surface area contributed by atoms with Crippen LogP contribution in [0.25, 0.3) is 0 Å². The fourth-order valence-electron chi connectivity index (χ4n) is 1.20. The third-order valence-electron chi connectivity index (χ3n) is 2.03. The number of rotatable bonds is 3. The van der Waals surface area contributed by atoms with Gasteiger partial charge in [-0.3, -0.25) is 0 Å².